The number of methoxy groups -OCH3 is 1. The lowest BCUT2D eigenvalue weighted by Crippen LogP contribution is -2.17. The molecular weight excluding hydrogens is 409 g/mol. The number of allylic oxidation sites excluding steroid dienone is 2. The van der Waals surface area contributed by atoms with E-state index in [1.54, 1.807) is 50.4 Å². The van der Waals surface area contributed by atoms with Gasteiger partial charge in [-0.3, -0.25) is 4.98 Å². The van der Waals surface area contributed by atoms with Crippen molar-refractivity contribution in [1.82, 2.24) is 4.98 Å². The second kappa shape index (κ2) is 10.5. The predicted molar refractivity (Wildman–Crippen MR) is 117 cm³/mol. The van der Waals surface area contributed by atoms with Crippen molar-refractivity contribution >= 4 is 17.5 Å². The van der Waals surface area contributed by atoms with Crippen LogP contribution in [0.2, 0.25) is 0 Å². The molecule has 7 heteroatoms. The van der Waals surface area contributed by atoms with Crippen molar-refractivity contribution in [2.75, 3.05) is 7.11 Å². The van der Waals surface area contributed by atoms with Gasteiger partial charge in [-0.2, -0.15) is 13.2 Å². The average molecular weight is 435 g/mol. The van der Waals surface area contributed by atoms with Crippen LogP contribution >= 0.6 is 11.8 Å². The Balaban J connectivity index is 2.57. The first kappa shape index (κ1) is 23.7. The van der Waals surface area contributed by atoms with E-state index in [-0.39, 0.29) is 4.91 Å². The third kappa shape index (κ3) is 6.49. The van der Waals surface area contributed by atoms with Crippen molar-refractivity contribution in [2.45, 2.75) is 45.2 Å². The molecule has 0 spiro atoms. The van der Waals surface area contributed by atoms with E-state index in [4.69, 9.17) is 4.74 Å². The van der Waals surface area contributed by atoms with E-state index in [1.165, 1.54) is 7.11 Å². The highest BCUT2D eigenvalue weighted by atomic mass is 32.2. The van der Waals surface area contributed by atoms with Crippen molar-refractivity contribution in [2.24, 2.45) is 4.99 Å². The van der Waals surface area contributed by atoms with Crippen molar-refractivity contribution < 1.29 is 17.9 Å². The van der Waals surface area contributed by atoms with E-state index in [2.05, 4.69) is 9.98 Å². The molecule has 1 aromatic heterocycles. The van der Waals surface area contributed by atoms with Crippen molar-refractivity contribution in [3.05, 3.63) is 81.9 Å². The number of benzene rings is 1. The predicted octanol–water partition coefficient (Wildman–Crippen LogP) is 7.01. The lowest BCUT2D eigenvalue weighted by Gasteiger charge is -2.18. The molecule has 0 radical (unpaired) electrons. The number of pyridine rings is 1. The molecule has 0 bridgehead atoms. The Morgan fingerprint density at radius 3 is 2.30 bits per heavy atom. The molecule has 2 aromatic rings. The molecular formula is C23H25F3N2OS. The molecule has 3 nitrogen and oxygen atoms in total. The quantitative estimate of drug-likeness (QED) is 0.203. The summed E-state index contributed by atoms with van der Waals surface area (Å²) in [6.45, 7) is 7.19. The molecule has 160 valence electrons. The van der Waals surface area contributed by atoms with Gasteiger partial charge >= 0.3 is 6.18 Å². The van der Waals surface area contributed by atoms with Gasteiger partial charge in [0.2, 0.25) is 5.88 Å². The zero-order chi connectivity index (χ0) is 22.3. The second-order valence-electron chi connectivity index (χ2n) is 6.66. The van der Waals surface area contributed by atoms with Gasteiger partial charge in [-0.15, -0.1) is 0 Å². The van der Waals surface area contributed by atoms with Gasteiger partial charge in [0.15, 0.2) is 0 Å². The van der Waals surface area contributed by atoms with Crippen molar-refractivity contribution in [1.29, 1.82) is 0 Å². The van der Waals surface area contributed by atoms with Crippen LogP contribution in [0.4, 0.5) is 13.2 Å². The van der Waals surface area contributed by atoms with E-state index < -0.39 is 17.6 Å². The number of halogens is 3. The summed E-state index contributed by atoms with van der Waals surface area (Å²) < 4.78 is 47.5. The monoisotopic (exact) mass is 434 g/mol. The molecule has 0 amide bonds. The smallest absolute Gasteiger partial charge is 0.422 e. The first-order valence-electron chi connectivity index (χ1n) is 9.44. The van der Waals surface area contributed by atoms with Crippen LogP contribution in [0.3, 0.4) is 0 Å². The van der Waals surface area contributed by atoms with Gasteiger partial charge in [0.1, 0.15) is 5.57 Å². The SMILES string of the molecule is CC/C=C(Sc1ccc(C)cc1)/C(=C(\N=C(C)c1ccc(C)nc1)OC)C(F)(F)F. The van der Waals surface area contributed by atoms with Crippen LogP contribution in [0.5, 0.6) is 0 Å². The number of thioether (sulfide) groups is 1. The third-order valence-corrected chi connectivity index (χ3v) is 5.27. The van der Waals surface area contributed by atoms with E-state index >= 15 is 0 Å². The Kier molecular flexibility index (Phi) is 8.29. The summed E-state index contributed by atoms with van der Waals surface area (Å²) in [6, 6.07) is 10.9. The minimum absolute atomic E-state index is 0.0595. The molecule has 0 saturated heterocycles. The van der Waals surface area contributed by atoms with Gasteiger partial charge in [0.25, 0.3) is 0 Å². The van der Waals surface area contributed by atoms with Crippen LogP contribution in [0.15, 0.2) is 74.9 Å². The van der Waals surface area contributed by atoms with Gasteiger partial charge in [0.05, 0.1) is 12.8 Å². The Bertz CT molecular complexity index is 944. The normalized spacial score (nSPS) is 13.9. The second-order valence-corrected chi connectivity index (χ2v) is 7.77. The minimum atomic E-state index is -4.64. The van der Waals surface area contributed by atoms with Gasteiger partial charge < -0.3 is 4.74 Å². The molecule has 0 fully saturated rings. The molecule has 0 N–H and O–H groups in total. The van der Waals surface area contributed by atoms with Crippen LogP contribution in [0.1, 0.15) is 37.1 Å². The number of alkyl halides is 3. The molecule has 0 aliphatic heterocycles. The van der Waals surface area contributed by atoms with Gasteiger partial charge in [-0.05, 0) is 51.5 Å². The lowest BCUT2D eigenvalue weighted by molar-refractivity contribution is -0.0917. The fourth-order valence-corrected chi connectivity index (χ4v) is 3.66. The van der Waals surface area contributed by atoms with Crippen LogP contribution in [-0.2, 0) is 4.74 Å². The maximum atomic E-state index is 14.1. The number of hydrogen-bond donors (Lipinski definition) is 0. The minimum Gasteiger partial charge on any atom is -0.481 e. The van der Waals surface area contributed by atoms with Crippen molar-refractivity contribution in [3.63, 3.8) is 0 Å². The van der Waals surface area contributed by atoms with Gasteiger partial charge in [0, 0.05) is 27.3 Å². The maximum absolute atomic E-state index is 14.1. The lowest BCUT2D eigenvalue weighted by atomic mass is 10.2. The van der Waals surface area contributed by atoms with Crippen LogP contribution in [0, 0.1) is 13.8 Å². The number of aryl methyl sites for hydroxylation is 2. The summed E-state index contributed by atoms with van der Waals surface area (Å²) in [5.41, 5.74) is 1.97. The largest absolute Gasteiger partial charge is 0.481 e. The molecule has 0 aliphatic rings. The highest BCUT2D eigenvalue weighted by Crippen LogP contribution is 2.42. The fourth-order valence-electron chi connectivity index (χ4n) is 2.58. The first-order valence-corrected chi connectivity index (χ1v) is 10.3. The van der Waals surface area contributed by atoms with E-state index in [1.807, 2.05) is 26.0 Å². The number of ether oxygens (including phenoxy) is 1. The molecule has 0 unspecified atom stereocenters. The van der Waals surface area contributed by atoms with Crippen LogP contribution in [-0.4, -0.2) is 24.0 Å². The average Bonchev–Trinajstić information content (AvgIpc) is 2.68. The molecule has 0 saturated carbocycles. The standard InChI is InChI=1S/C23H25F3N2OS/c1-6-7-20(30-19-12-8-15(2)9-13-19)21(23(24,25)26)22(29-5)28-17(4)18-11-10-16(3)27-14-18/h7-14H,6H2,1-5H3/b20-7-,22-21-,28-17?. The van der Waals surface area contributed by atoms with Gasteiger partial charge in [-0.1, -0.05) is 42.5 Å². The summed E-state index contributed by atoms with van der Waals surface area (Å²) in [7, 11) is 1.20. The molecule has 0 aliphatic carbocycles. The Morgan fingerprint density at radius 2 is 1.80 bits per heavy atom. The zero-order valence-corrected chi connectivity index (χ0v) is 18.5. The number of aromatic nitrogens is 1. The van der Waals surface area contributed by atoms with Crippen LogP contribution in [0.25, 0.3) is 0 Å². The van der Waals surface area contributed by atoms with E-state index in [0.717, 1.165) is 23.0 Å². The molecule has 0 atom stereocenters. The fraction of sp³-hybridized carbons (Fsp3) is 0.304. The zero-order valence-electron chi connectivity index (χ0n) is 17.7. The Labute approximate surface area is 179 Å². The van der Waals surface area contributed by atoms with Crippen molar-refractivity contribution in [3.8, 4) is 0 Å². The number of hydrogen-bond acceptors (Lipinski definition) is 4. The highest BCUT2D eigenvalue weighted by Gasteiger charge is 2.40. The summed E-state index contributed by atoms with van der Waals surface area (Å²) in [5, 5.41) is 0. The summed E-state index contributed by atoms with van der Waals surface area (Å²) in [5.74, 6) is -0.472. The summed E-state index contributed by atoms with van der Waals surface area (Å²) in [6.07, 6.45) is -1.07. The Morgan fingerprint density at radius 1 is 1.13 bits per heavy atom. The third-order valence-electron chi connectivity index (χ3n) is 4.17. The van der Waals surface area contributed by atoms with Gasteiger partial charge in [-0.25, -0.2) is 4.99 Å². The number of aliphatic imine (C=N–C) groups is 1. The molecule has 30 heavy (non-hydrogen) atoms. The van der Waals surface area contributed by atoms with E-state index in [9.17, 15) is 13.2 Å². The highest BCUT2D eigenvalue weighted by molar-refractivity contribution is 8.03. The number of nitrogens with zero attached hydrogens (tertiary/aromatic N) is 2. The molecule has 2 rings (SSSR count). The molecule has 1 heterocycles. The molecule has 1 aromatic carbocycles. The summed E-state index contributed by atoms with van der Waals surface area (Å²) >= 11 is 1.05. The topological polar surface area (TPSA) is 34.5 Å². The maximum Gasteiger partial charge on any atom is 0.422 e. The number of rotatable bonds is 7. The Hall–Kier alpha value is -2.54. The summed E-state index contributed by atoms with van der Waals surface area (Å²) in [4.78, 5) is 9.13. The van der Waals surface area contributed by atoms with Crippen LogP contribution < -0.4 is 0 Å². The van der Waals surface area contributed by atoms with E-state index in [0.29, 0.717) is 22.6 Å². The first-order chi connectivity index (χ1) is 14.2.